The van der Waals surface area contributed by atoms with Gasteiger partial charge >= 0.3 is 0 Å². The van der Waals surface area contributed by atoms with E-state index in [1.807, 2.05) is 12.1 Å². The highest BCUT2D eigenvalue weighted by Gasteiger charge is 2.33. The number of carbonyl (C=O) groups is 2. The maximum Gasteiger partial charge on any atom is 0.277 e. The summed E-state index contributed by atoms with van der Waals surface area (Å²) < 4.78 is 5.15. The quantitative estimate of drug-likeness (QED) is 0.757. The summed E-state index contributed by atoms with van der Waals surface area (Å²) in [4.78, 5) is 29.0. The lowest BCUT2D eigenvalue weighted by Gasteiger charge is -2.23. The van der Waals surface area contributed by atoms with Crippen molar-refractivity contribution in [1.82, 2.24) is 4.90 Å². The first-order chi connectivity index (χ1) is 13.1. The van der Waals surface area contributed by atoms with E-state index in [0.29, 0.717) is 24.0 Å². The third-order valence-electron chi connectivity index (χ3n) is 4.91. The van der Waals surface area contributed by atoms with Gasteiger partial charge in [-0.1, -0.05) is 12.1 Å². The van der Waals surface area contributed by atoms with Gasteiger partial charge in [-0.05, 0) is 23.6 Å². The van der Waals surface area contributed by atoms with E-state index in [1.54, 1.807) is 37.6 Å². The molecule has 0 aliphatic carbocycles. The van der Waals surface area contributed by atoms with Crippen LogP contribution in [0.25, 0.3) is 0 Å². The van der Waals surface area contributed by atoms with Gasteiger partial charge in [-0.15, -0.1) is 11.3 Å². The molecule has 1 saturated heterocycles. The Hall–Kier alpha value is -2.38. The maximum atomic E-state index is 12.6. The van der Waals surface area contributed by atoms with Gasteiger partial charge in [-0.3, -0.25) is 9.59 Å². The number of amides is 2. The molecule has 2 N–H and O–H groups in total. The summed E-state index contributed by atoms with van der Waals surface area (Å²) >= 11 is 1.75. The van der Waals surface area contributed by atoms with Gasteiger partial charge in [0, 0.05) is 31.6 Å². The number of likely N-dealkylation sites (N-methyl/N-ethyl adjacent to an activating group) is 1. The molecule has 1 fully saturated rings. The number of likely N-dealkylation sites (tertiary alicyclic amines) is 1. The van der Waals surface area contributed by atoms with E-state index in [1.165, 1.54) is 14.7 Å². The van der Waals surface area contributed by atoms with Gasteiger partial charge in [0.05, 0.1) is 25.1 Å². The molecule has 6 nitrogen and oxygen atoms in total. The number of carbonyl (C=O) groups excluding carboxylic acids is 2. The van der Waals surface area contributed by atoms with Gasteiger partial charge in [0.2, 0.25) is 5.91 Å². The summed E-state index contributed by atoms with van der Waals surface area (Å²) in [6.07, 6.45) is 2.24. The van der Waals surface area contributed by atoms with E-state index in [9.17, 15) is 9.59 Å². The number of quaternary nitrogens is 1. The Morgan fingerprint density at radius 1 is 1.33 bits per heavy atom. The topological polar surface area (TPSA) is 63.1 Å². The minimum atomic E-state index is -0.217. The lowest BCUT2D eigenvalue weighted by molar-refractivity contribution is -0.910. The predicted molar refractivity (Wildman–Crippen MR) is 106 cm³/mol. The van der Waals surface area contributed by atoms with Crippen LogP contribution in [0.15, 0.2) is 41.8 Å². The highest BCUT2D eigenvalue weighted by atomic mass is 32.1. The van der Waals surface area contributed by atoms with Crippen LogP contribution in [0.5, 0.6) is 5.75 Å². The predicted octanol–water partition coefficient (Wildman–Crippen LogP) is 1.57. The second kappa shape index (κ2) is 9.01. The third-order valence-corrected chi connectivity index (χ3v) is 5.89. The number of ether oxygens (including phenoxy) is 1. The molecule has 1 aromatic heterocycles. The van der Waals surface area contributed by atoms with Crippen LogP contribution in [0.3, 0.4) is 0 Å². The number of rotatable bonds is 7. The molecule has 0 radical (unpaired) electrons. The highest BCUT2D eigenvalue weighted by molar-refractivity contribution is 7.10. The van der Waals surface area contributed by atoms with Crippen LogP contribution in [-0.2, 0) is 9.59 Å². The average molecular weight is 389 g/mol. The molecule has 0 bridgehead atoms. The van der Waals surface area contributed by atoms with Crippen molar-refractivity contribution < 1.29 is 19.2 Å². The molecule has 2 atom stereocenters. The zero-order valence-electron chi connectivity index (χ0n) is 15.7. The molecule has 1 aliphatic heterocycles. The van der Waals surface area contributed by atoms with Gasteiger partial charge in [0.25, 0.3) is 5.91 Å². The SMILES string of the molecule is COc1cccc(NC(=O)CN(C)C(=O)C[NH+]2CCC[C@H]2c2cccs2)c1. The molecule has 144 valence electrons. The van der Waals surface area contributed by atoms with E-state index in [2.05, 4.69) is 22.8 Å². The molecule has 0 spiro atoms. The lowest BCUT2D eigenvalue weighted by atomic mass is 10.2. The van der Waals surface area contributed by atoms with Crippen LogP contribution in [-0.4, -0.2) is 50.5 Å². The monoisotopic (exact) mass is 388 g/mol. The van der Waals surface area contributed by atoms with Gasteiger partial charge in [-0.25, -0.2) is 0 Å². The highest BCUT2D eigenvalue weighted by Crippen LogP contribution is 2.23. The second-order valence-electron chi connectivity index (χ2n) is 6.83. The van der Waals surface area contributed by atoms with E-state index >= 15 is 0 Å². The molecule has 7 heteroatoms. The fourth-order valence-corrected chi connectivity index (χ4v) is 4.41. The van der Waals surface area contributed by atoms with Gasteiger partial charge in [-0.2, -0.15) is 0 Å². The largest absolute Gasteiger partial charge is 0.497 e. The van der Waals surface area contributed by atoms with Crippen molar-refractivity contribution >= 4 is 28.8 Å². The van der Waals surface area contributed by atoms with Gasteiger partial charge < -0.3 is 19.9 Å². The van der Waals surface area contributed by atoms with Crippen molar-refractivity contribution in [2.24, 2.45) is 0 Å². The molecule has 1 unspecified atom stereocenters. The maximum absolute atomic E-state index is 12.6. The molecule has 3 rings (SSSR count). The zero-order valence-corrected chi connectivity index (χ0v) is 16.6. The van der Waals surface area contributed by atoms with E-state index in [-0.39, 0.29) is 18.4 Å². The molecule has 2 heterocycles. The summed E-state index contributed by atoms with van der Waals surface area (Å²) in [5, 5.41) is 4.89. The Balaban J connectivity index is 1.51. The number of thiophene rings is 1. The number of methoxy groups -OCH3 is 1. The minimum Gasteiger partial charge on any atom is -0.497 e. The first-order valence-corrected chi connectivity index (χ1v) is 10.0. The van der Waals surface area contributed by atoms with Crippen LogP contribution in [0, 0.1) is 0 Å². The van der Waals surface area contributed by atoms with E-state index in [4.69, 9.17) is 4.74 Å². The summed E-state index contributed by atoms with van der Waals surface area (Å²) in [7, 11) is 3.26. The fraction of sp³-hybridized carbons (Fsp3) is 0.400. The second-order valence-corrected chi connectivity index (χ2v) is 7.80. The smallest absolute Gasteiger partial charge is 0.277 e. The molecule has 2 aromatic rings. The number of hydrogen-bond donors (Lipinski definition) is 2. The van der Waals surface area contributed by atoms with Crippen molar-refractivity contribution in [3.8, 4) is 5.75 Å². The van der Waals surface area contributed by atoms with E-state index in [0.717, 1.165) is 19.4 Å². The standard InChI is InChI=1S/C20H25N3O3S/c1-22(13-19(24)21-15-6-3-7-16(12-15)26-2)20(25)14-23-10-4-8-17(23)18-9-5-11-27-18/h3,5-7,9,11-12,17H,4,8,10,13-14H2,1-2H3,(H,21,24)/p+1/t17-/m0/s1. The first kappa shape index (κ1) is 19.4. The lowest BCUT2D eigenvalue weighted by Crippen LogP contribution is -3.11. The van der Waals surface area contributed by atoms with Crippen molar-refractivity contribution in [3.63, 3.8) is 0 Å². The van der Waals surface area contributed by atoms with Crippen molar-refractivity contribution in [1.29, 1.82) is 0 Å². The summed E-state index contributed by atoms with van der Waals surface area (Å²) in [6.45, 7) is 1.46. The normalized spacial score (nSPS) is 18.9. The van der Waals surface area contributed by atoms with E-state index < -0.39 is 0 Å². The first-order valence-electron chi connectivity index (χ1n) is 9.12. The molecule has 2 amide bonds. The fourth-order valence-electron chi connectivity index (χ4n) is 3.49. The Labute approximate surface area is 163 Å². The molecular weight excluding hydrogens is 362 g/mol. The van der Waals surface area contributed by atoms with Crippen molar-refractivity contribution in [2.45, 2.75) is 18.9 Å². The number of benzene rings is 1. The van der Waals surface area contributed by atoms with Gasteiger partial charge in [0.1, 0.15) is 11.8 Å². The van der Waals surface area contributed by atoms with Crippen molar-refractivity contribution in [2.75, 3.05) is 39.1 Å². The van der Waals surface area contributed by atoms with Crippen LogP contribution >= 0.6 is 11.3 Å². The molecule has 1 aromatic carbocycles. The summed E-state index contributed by atoms with van der Waals surface area (Å²) in [5.41, 5.74) is 0.656. The van der Waals surface area contributed by atoms with Crippen molar-refractivity contribution in [3.05, 3.63) is 46.7 Å². The zero-order chi connectivity index (χ0) is 19.2. The van der Waals surface area contributed by atoms with Crippen LogP contribution < -0.4 is 15.0 Å². The molecular formula is C20H26N3O3S+. The number of anilines is 1. The van der Waals surface area contributed by atoms with Crippen LogP contribution in [0.2, 0.25) is 0 Å². The molecule has 1 aliphatic rings. The van der Waals surface area contributed by atoms with Crippen LogP contribution in [0.1, 0.15) is 23.8 Å². The molecule has 27 heavy (non-hydrogen) atoms. The van der Waals surface area contributed by atoms with Gasteiger partial charge in [0.15, 0.2) is 6.54 Å². The number of nitrogens with zero attached hydrogens (tertiary/aromatic N) is 1. The Bertz CT molecular complexity index is 779. The third kappa shape index (κ3) is 5.08. The number of nitrogens with one attached hydrogen (secondary N) is 2. The summed E-state index contributed by atoms with van der Waals surface area (Å²) in [5.74, 6) is 0.453. The Morgan fingerprint density at radius 3 is 2.93 bits per heavy atom. The number of hydrogen-bond acceptors (Lipinski definition) is 4. The average Bonchev–Trinajstić information content (AvgIpc) is 3.33. The molecule has 0 saturated carbocycles. The summed E-state index contributed by atoms with van der Waals surface area (Å²) in [6, 6.07) is 11.8. The van der Waals surface area contributed by atoms with Crippen LogP contribution in [0.4, 0.5) is 5.69 Å². The Kier molecular flexibility index (Phi) is 6.47. The minimum absolute atomic E-state index is 0.00533. The Morgan fingerprint density at radius 2 is 2.19 bits per heavy atom.